The molecule has 33 heavy (non-hydrogen) atoms. The molecule has 2 aromatic rings. The van der Waals surface area contributed by atoms with Crippen molar-refractivity contribution in [3.63, 3.8) is 0 Å². The first-order chi connectivity index (χ1) is 16.1. The average Bonchev–Trinajstić information content (AvgIpc) is 3.39. The van der Waals surface area contributed by atoms with E-state index in [-0.39, 0.29) is 17.9 Å². The number of pyridine rings is 1. The zero-order chi connectivity index (χ0) is 22.9. The fourth-order valence-corrected chi connectivity index (χ4v) is 7.07. The van der Waals surface area contributed by atoms with Crippen LogP contribution in [0.3, 0.4) is 0 Å². The third-order valence-electron chi connectivity index (χ3n) is 7.30. The molecule has 0 unspecified atom stereocenters. The molecule has 3 heterocycles. The van der Waals surface area contributed by atoms with Gasteiger partial charge >= 0.3 is 0 Å². The summed E-state index contributed by atoms with van der Waals surface area (Å²) in [7, 11) is 0. The number of morpholine rings is 1. The number of aryl methyl sites for hydroxylation is 1. The average molecular weight is 480 g/mol. The Bertz CT molecular complexity index is 983. The van der Waals surface area contributed by atoms with Gasteiger partial charge in [-0.25, -0.2) is 13.8 Å². The number of halogens is 2. The highest BCUT2D eigenvalue weighted by molar-refractivity contribution is 7.19. The molecule has 0 aromatic carbocycles. The van der Waals surface area contributed by atoms with Gasteiger partial charge in [-0.3, -0.25) is 9.69 Å². The number of ether oxygens (including phenoxy) is 2. The van der Waals surface area contributed by atoms with Gasteiger partial charge in [0, 0.05) is 36.6 Å². The van der Waals surface area contributed by atoms with E-state index in [1.165, 1.54) is 10.4 Å². The lowest BCUT2D eigenvalue weighted by molar-refractivity contribution is -0.118. The summed E-state index contributed by atoms with van der Waals surface area (Å²) in [5.74, 6) is 0.713. The van der Waals surface area contributed by atoms with Crippen molar-refractivity contribution in [3.8, 4) is 5.75 Å². The molecule has 180 valence electrons. The van der Waals surface area contributed by atoms with Gasteiger partial charge in [0.25, 0.3) is 0 Å². The number of aromatic nitrogens is 1. The molecule has 2 aliphatic carbocycles. The molecule has 3 aliphatic rings. The lowest BCUT2D eigenvalue weighted by Gasteiger charge is -2.43. The van der Waals surface area contributed by atoms with Gasteiger partial charge in [0.05, 0.1) is 23.7 Å². The highest BCUT2D eigenvalue weighted by atomic mass is 32.1. The Kier molecular flexibility index (Phi) is 6.81. The SMILES string of the molecule is NC(=O)C[C@H]1CCc2sc3nccc(O[C@H]4CC[C@H](N5C[C@@H](CF)O[C@@H](CF)C5)CC4)c3c21. The van der Waals surface area contributed by atoms with Gasteiger partial charge in [-0.2, -0.15) is 0 Å². The second-order valence-electron chi connectivity index (χ2n) is 9.53. The number of hydrogen-bond acceptors (Lipinski definition) is 6. The molecule has 0 bridgehead atoms. The number of thiophene rings is 1. The monoisotopic (exact) mass is 479 g/mol. The molecule has 1 aliphatic heterocycles. The van der Waals surface area contributed by atoms with Gasteiger partial charge in [-0.1, -0.05) is 0 Å². The summed E-state index contributed by atoms with van der Waals surface area (Å²) in [4.78, 5) is 20.6. The van der Waals surface area contributed by atoms with E-state index < -0.39 is 25.6 Å². The number of carbonyl (C=O) groups excluding carboxylic acids is 1. The smallest absolute Gasteiger partial charge is 0.218 e. The van der Waals surface area contributed by atoms with Crippen LogP contribution in [0.25, 0.3) is 10.2 Å². The standard InChI is InChI=1S/C24H31F2N3O3S/c25-10-17-12-29(13-18(11-26)31-17)15-2-4-16(5-3-15)32-19-7-8-28-24-23(19)22-14(9-21(27)30)1-6-20(22)33-24/h7-8,14-18H,1-6,9-13H2,(H2,27,30)/t14-,15-,16-,17-,18+/m1/s1. The molecule has 6 nitrogen and oxygen atoms in total. The van der Waals surface area contributed by atoms with Gasteiger partial charge in [0.15, 0.2) is 0 Å². The van der Waals surface area contributed by atoms with Crippen molar-refractivity contribution in [3.05, 3.63) is 22.7 Å². The molecular weight excluding hydrogens is 448 g/mol. The van der Waals surface area contributed by atoms with E-state index in [9.17, 15) is 13.6 Å². The van der Waals surface area contributed by atoms with Gasteiger partial charge in [-0.05, 0) is 56.1 Å². The van der Waals surface area contributed by atoms with Crippen LogP contribution in [0.4, 0.5) is 8.78 Å². The molecule has 2 fully saturated rings. The van der Waals surface area contributed by atoms with E-state index in [1.807, 2.05) is 6.07 Å². The molecular formula is C24H31F2N3O3S. The lowest BCUT2D eigenvalue weighted by atomic mass is 9.91. The predicted molar refractivity (Wildman–Crippen MR) is 123 cm³/mol. The van der Waals surface area contributed by atoms with E-state index in [4.69, 9.17) is 15.2 Å². The lowest BCUT2D eigenvalue weighted by Crippen LogP contribution is -2.54. The third-order valence-corrected chi connectivity index (χ3v) is 8.48. The van der Waals surface area contributed by atoms with Crippen LogP contribution in [-0.2, 0) is 16.0 Å². The van der Waals surface area contributed by atoms with Crippen LogP contribution >= 0.6 is 11.3 Å². The number of nitrogens with two attached hydrogens (primary N) is 1. The molecule has 2 aromatic heterocycles. The zero-order valence-electron chi connectivity index (χ0n) is 18.7. The minimum atomic E-state index is -0.578. The Morgan fingerprint density at radius 2 is 1.91 bits per heavy atom. The highest BCUT2D eigenvalue weighted by Gasteiger charge is 2.35. The van der Waals surface area contributed by atoms with Crippen LogP contribution in [0, 0.1) is 0 Å². The van der Waals surface area contributed by atoms with E-state index in [0.717, 1.165) is 54.5 Å². The Hall–Kier alpha value is -1.84. The van der Waals surface area contributed by atoms with Crippen molar-refractivity contribution in [2.75, 3.05) is 26.4 Å². The van der Waals surface area contributed by atoms with Crippen molar-refractivity contribution in [1.29, 1.82) is 0 Å². The molecule has 0 spiro atoms. The van der Waals surface area contributed by atoms with Crippen molar-refractivity contribution < 1.29 is 23.0 Å². The summed E-state index contributed by atoms with van der Waals surface area (Å²) >= 11 is 1.69. The Balaban J connectivity index is 1.27. The molecule has 9 heteroatoms. The quantitative estimate of drug-likeness (QED) is 0.652. The number of rotatable bonds is 7. The van der Waals surface area contributed by atoms with Crippen LogP contribution in [0.1, 0.15) is 54.9 Å². The number of primary amides is 1. The van der Waals surface area contributed by atoms with Gasteiger partial charge in [0.1, 0.15) is 23.9 Å². The Morgan fingerprint density at radius 3 is 2.58 bits per heavy atom. The Labute approximate surface area is 196 Å². The fraction of sp³-hybridized carbons (Fsp3) is 0.667. The first-order valence-corrected chi connectivity index (χ1v) is 12.7. The molecule has 1 saturated heterocycles. The van der Waals surface area contributed by atoms with E-state index in [0.29, 0.717) is 25.6 Å². The minimum absolute atomic E-state index is 0.0911. The summed E-state index contributed by atoms with van der Waals surface area (Å²) in [6.07, 6.45) is 6.72. The van der Waals surface area contributed by atoms with Crippen molar-refractivity contribution in [2.24, 2.45) is 5.73 Å². The maximum Gasteiger partial charge on any atom is 0.218 e. The van der Waals surface area contributed by atoms with Crippen LogP contribution in [0.15, 0.2) is 12.3 Å². The first-order valence-electron chi connectivity index (χ1n) is 11.9. The molecule has 1 saturated carbocycles. The van der Waals surface area contributed by atoms with Crippen LogP contribution in [0.5, 0.6) is 5.75 Å². The van der Waals surface area contributed by atoms with E-state index in [1.54, 1.807) is 17.5 Å². The van der Waals surface area contributed by atoms with Crippen molar-refractivity contribution in [1.82, 2.24) is 9.88 Å². The summed E-state index contributed by atoms with van der Waals surface area (Å²) in [5.41, 5.74) is 6.71. The first kappa shape index (κ1) is 22.9. The van der Waals surface area contributed by atoms with Gasteiger partial charge in [-0.15, -0.1) is 11.3 Å². The summed E-state index contributed by atoms with van der Waals surface area (Å²) in [6.45, 7) is -0.108. The van der Waals surface area contributed by atoms with Crippen LogP contribution in [0.2, 0.25) is 0 Å². The maximum atomic E-state index is 13.2. The Morgan fingerprint density at radius 1 is 1.18 bits per heavy atom. The second kappa shape index (κ2) is 9.80. The largest absolute Gasteiger partial charge is 0.490 e. The number of hydrogen-bond donors (Lipinski definition) is 1. The van der Waals surface area contributed by atoms with Crippen LogP contribution in [-0.4, -0.2) is 66.6 Å². The molecule has 2 N–H and O–H groups in total. The van der Waals surface area contributed by atoms with Crippen molar-refractivity contribution >= 4 is 27.5 Å². The number of alkyl halides is 2. The normalized spacial score (nSPS) is 30.4. The van der Waals surface area contributed by atoms with E-state index in [2.05, 4.69) is 9.88 Å². The fourth-order valence-electron chi connectivity index (χ4n) is 5.81. The molecule has 5 rings (SSSR count). The summed E-state index contributed by atoms with van der Waals surface area (Å²) in [6, 6.07) is 2.24. The maximum absolute atomic E-state index is 13.2. The topological polar surface area (TPSA) is 77.7 Å². The minimum Gasteiger partial charge on any atom is -0.490 e. The van der Waals surface area contributed by atoms with Crippen LogP contribution < -0.4 is 10.5 Å². The molecule has 0 radical (unpaired) electrons. The third kappa shape index (κ3) is 4.72. The number of fused-ring (bicyclic) bond motifs is 3. The highest BCUT2D eigenvalue weighted by Crippen LogP contribution is 2.48. The molecule has 1 amide bonds. The predicted octanol–water partition coefficient (Wildman–Crippen LogP) is 3.90. The second-order valence-corrected chi connectivity index (χ2v) is 10.6. The van der Waals surface area contributed by atoms with E-state index >= 15 is 0 Å². The number of amides is 1. The molecule has 3 atom stereocenters. The summed E-state index contributed by atoms with van der Waals surface area (Å²) < 4.78 is 38.4. The number of carbonyl (C=O) groups is 1. The van der Waals surface area contributed by atoms with Crippen molar-refractivity contribution in [2.45, 2.75) is 75.2 Å². The zero-order valence-corrected chi connectivity index (χ0v) is 19.5. The number of nitrogens with zero attached hydrogens (tertiary/aromatic N) is 2. The summed E-state index contributed by atoms with van der Waals surface area (Å²) in [5, 5.41) is 1.05. The van der Waals surface area contributed by atoms with Gasteiger partial charge < -0.3 is 15.2 Å². The van der Waals surface area contributed by atoms with Gasteiger partial charge in [0.2, 0.25) is 5.91 Å².